The largest absolute Gasteiger partial charge is 0.481 e. The third-order valence-electron chi connectivity index (χ3n) is 10.1. The van der Waals surface area contributed by atoms with Crippen molar-refractivity contribution in [2.45, 2.75) is 155 Å². The molecule has 0 fully saturated rings. The Morgan fingerprint density at radius 1 is 0.554 bits per heavy atom. The number of nitrogens with one attached hydrogen (secondary N) is 1. The molecule has 0 saturated heterocycles. The molecule has 0 aliphatic carbocycles. The first-order valence-corrected chi connectivity index (χ1v) is 21.4. The molecule has 0 aliphatic heterocycles. The molecule has 1 amide bonds. The molecule has 56 heavy (non-hydrogen) atoms. The van der Waals surface area contributed by atoms with Crippen LogP contribution in [0, 0.1) is 5.41 Å². The number of carboxylic acids is 1. The monoisotopic (exact) mass is 782 g/mol. The Balaban J connectivity index is 1.89. The average Bonchev–Trinajstić information content (AvgIpc) is 3.21. The lowest BCUT2D eigenvalue weighted by Crippen LogP contribution is -2.48. The highest BCUT2D eigenvalue weighted by Gasteiger charge is 2.46. The normalized spacial score (nSPS) is 12.2. The minimum absolute atomic E-state index is 0.0625. The third kappa shape index (κ3) is 23.3. The van der Waals surface area contributed by atoms with Gasteiger partial charge in [0.1, 0.15) is 18.6 Å². The second-order valence-electron chi connectivity index (χ2n) is 14.8. The van der Waals surface area contributed by atoms with Crippen LogP contribution in [-0.4, -0.2) is 61.9 Å². The van der Waals surface area contributed by atoms with E-state index in [0.717, 1.165) is 88.2 Å². The van der Waals surface area contributed by atoms with E-state index in [0.29, 0.717) is 25.9 Å². The number of amides is 1. The number of carbonyl (C=O) groups excluding carboxylic acids is 3. The molecule has 2 aromatic carbocycles. The van der Waals surface area contributed by atoms with Gasteiger partial charge in [-0.1, -0.05) is 170 Å². The fourth-order valence-electron chi connectivity index (χ4n) is 6.70. The Hall–Kier alpha value is -3.76. The van der Waals surface area contributed by atoms with Gasteiger partial charge in [-0.05, 0) is 30.4 Å². The van der Waals surface area contributed by atoms with Crippen LogP contribution in [-0.2, 0) is 51.3 Å². The van der Waals surface area contributed by atoms with E-state index in [9.17, 15) is 19.2 Å². The fraction of sp³-hybridized carbons (Fsp3) is 0.652. The van der Waals surface area contributed by atoms with Crippen LogP contribution in [0.5, 0.6) is 0 Å². The molecule has 0 radical (unpaired) electrons. The van der Waals surface area contributed by atoms with E-state index in [1.54, 1.807) is 0 Å². The van der Waals surface area contributed by atoms with E-state index in [1.165, 1.54) is 32.1 Å². The number of esters is 2. The number of hydrogen-bond acceptors (Lipinski definition) is 8. The van der Waals surface area contributed by atoms with Crippen LogP contribution in [0.25, 0.3) is 0 Å². The summed E-state index contributed by atoms with van der Waals surface area (Å²) >= 11 is 0. The summed E-state index contributed by atoms with van der Waals surface area (Å²) in [5.74, 6) is -1.84. The highest BCUT2D eigenvalue weighted by atomic mass is 16.5. The van der Waals surface area contributed by atoms with Gasteiger partial charge in [-0.15, -0.1) is 0 Å². The number of carboxylic acid groups (broad SMARTS) is 1. The lowest BCUT2D eigenvalue weighted by Gasteiger charge is -2.31. The van der Waals surface area contributed by atoms with Gasteiger partial charge in [0.15, 0.2) is 0 Å². The molecule has 1 atom stereocenters. The van der Waals surface area contributed by atoms with Crippen LogP contribution in [0.15, 0.2) is 60.7 Å². The third-order valence-corrected chi connectivity index (χ3v) is 10.1. The molecular formula is C46H71NO9. The first kappa shape index (κ1) is 48.4. The van der Waals surface area contributed by atoms with Gasteiger partial charge in [0, 0.05) is 13.0 Å². The molecule has 10 nitrogen and oxygen atoms in total. The highest BCUT2D eigenvalue weighted by molar-refractivity contribution is 6.02. The zero-order valence-electron chi connectivity index (χ0n) is 34.3. The predicted molar refractivity (Wildman–Crippen MR) is 220 cm³/mol. The Labute approximate surface area is 336 Å². The van der Waals surface area contributed by atoms with Gasteiger partial charge in [-0.25, -0.2) is 0 Å². The lowest BCUT2D eigenvalue weighted by molar-refractivity contribution is -0.164. The number of unbranched alkanes of at least 4 members (excludes halogenated alkanes) is 15. The van der Waals surface area contributed by atoms with Crippen LogP contribution in [0.3, 0.4) is 0 Å². The molecule has 0 saturated carbocycles. The van der Waals surface area contributed by atoms with Crippen LogP contribution in [0.1, 0.15) is 153 Å². The maximum absolute atomic E-state index is 14.1. The van der Waals surface area contributed by atoms with Gasteiger partial charge in [-0.2, -0.15) is 0 Å². The van der Waals surface area contributed by atoms with Crippen LogP contribution < -0.4 is 5.32 Å². The molecule has 10 heteroatoms. The van der Waals surface area contributed by atoms with Crippen LogP contribution >= 0.6 is 0 Å². The summed E-state index contributed by atoms with van der Waals surface area (Å²) in [6, 6.07) is 19.3. The Kier molecular flexibility index (Phi) is 27.9. The number of carbonyl (C=O) groups is 4. The zero-order valence-corrected chi connectivity index (χ0v) is 34.3. The Morgan fingerprint density at radius 3 is 1.54 bits per heavy atom. The number of ether oxygens (including phenoxy) is 4. The van der Waals surface area contributed by atoms with Crippen molar-refractivity contribution in [2.75, 3.05) is 33.0 Å². The number of hydrogen-bond donors (Lipinski definition) is 2. The molecule has 2 N–H and O–H groups in total. The quantitative estimate of drug-likeness (QED) is 0.0393. The molecule has 2 aromatic rings. The van der Waals surface area contributed by atoms with Gasteiger partial charge in [0.2, 0.25) is 5.91 Å². The van der Waals surface area contributed by atoms with E-state index < -0.39 is 17.4 Å². The molecule has 314 valence electrons. The van der Waals surface area contributed by atoms with E-state index >= 15 is 0 Å². The van der Waals surface area contributed by atoms with E-state index in [2.05, 4.69) is 12.2 Å². The molecule has 0 bridgehead atoms. The predicted octanol–water partition coefficient (Wildman–Crippen LogP) is 9.91. The molecule has 0 heterocycles. The second-order valence-corrected chi connectivity index (χ2v) is 14.8. The number of aliphatic carboxylic acids is 1. The van der Waals surface area contributed by atoms with E-state index in [4.69, 9.17) is 24.1 Å². The molecule has 0 aliphatic rings. The van der Waals surface area contributed by atoms with Gasteiger partial charge < -0.3 is 29.4 Å². The van der Waals surface area contributed by atoms with Crippen LogP contribution in [0.4, 0.5) is 0 Å². The van der Waals surface area contributed by atoms with Crippen molar-refractivity contribution in [1.29, 1.82) is 0 Å². The summed E-state index contributed by atoms with van der Waals surface area (Å²) in [7, 11) is 0. The van der Waals surface area contributed by atoms with Gasteiger partial charge >= 0.3 is 17.9 Å². The first-order valence-electron chi connectivity index (χ1n) is 21.4. The smallest absolute Gasteiger partial charge is 0.321 e. The summed E-state index contributed by atoms with van der Waals surface area (Å²) in [4.78, 5) is 50.9. The van der Waals surface area contributed by atoms with Crippen LogP contribution in [0.2, 0.25) is 0 Å². The van der Waals surface area contributed by atoms with Crippen molar-refractivity contribution in [3.8, 4) is 0 Å². The highest BCUT2D eigenvalue weighted by Crippen LogP contribution is 2.35. The van der Waals surface area contributed by atoms with Crippen molar-refractivity contribution < 1.29 is 43.2 Å². The minimum Gasteiger partial charge on any atom is -0.481 e. The van der Waals surface area contributed by atoms with Crippen molar-refractivity contribution in [1.82, 2.24) is 5.32 Å². The van der Waals surface area contributed by atoms with Crippen molar-refractivity contribution in [3.05, 3.63) is 71.8 Å². The van der Waals surface area contributed by atoms with Gasteiger partial charge in [-0.3, -0.25) is 19.2 Å². The summed E-state index contributed by atoms with van der Waals surface area (Å²) in [5, 5.41) is 11.7. The Morgan fingerprint density at radius 2 is 1.02 bits per heavy atom. The minimum atomic E-state index is -1.29. The summed E-state index contributed by atoms with van der Waals surface area (Å²) in [6.07, 6.45) is 19.1. The SMILES string of the molecule is CCCCCCCCCCCC(CCCCCCCCCCC(=O)OCc1ccccc1)(C(=O)NCCOCCOCCC(=O)O)C(=O)OCc1ccccc1. The maximum atomic E-state index is 14.1. The molecule has 0 spiro atoms. The zero-order chi connectivity index (χ0) is 40.4. The van der Waals surface area contributed by atoms with Crippen molar-refractivity contribution in [3.63, 3.8) is 0 Å². The number of benzene rings is 2. The van der Waals surface area contributed by atoms with Crippen molar-refractivity contribution >= 4 is 23.8 Å². The molecule has 1 unspecified atom stereocenters. The summed E-state index contributed by atoms with van der Waals surface area (Å²) in [5.41, 5.74) is 0.582. The summed E-state index contributed by atoms with van der Waals surface area (Å²) < 4.78 is 22.2. The summed E-state index contributed by atoms with van der Waals surface area (Å²) in [6.45, 7) is 3.80. The van der Waals surface area contributed by atoms with Gasteiger partial charge in [0.05, 0.1) is 32.8 Å². The first-order chi connectivity index (χ1) is 27.4. The Bertz CT molecular complexity index is 1310. The lowest BCUT2D eigenvalue weighted by atomic mass is 9.76. The van der Waals surface area contributed by atoms with E-state index in [-0.39, 0.29) is 57.9 Å². The topological polar surface area (TPSA) is 137 Å². The standard InChI is InChI=1S/C46H71NO9/c1-2-3-4-5-6-8-11-14-23-31-46(45(52)56-39-41-27-20-17-21-28-41,44(51)47-33-35-54-37-36-53-34-30-42(48)49)32-24-15-12-9-7-10-13-22-29-43(50)55-38-40-25-18-16-19-26-40/h16-21,25-28H,2-15,22-24,29-39H2,1H3,(H,47,51)(H,48,49). The molecule has 2 rings (SSSR count). The second kappa shape index (κ2) is 32.3. The fourth-order valence-corrected chi connectivity index (χ4v) is 6.70. The maximum Gasteiger partial charge on any atom is 0.321 e. The van der Waals surface area contributed by atoms with E-state index in [1.807, 2.05) is 60.7 Å². The van der Waals surface area contributed by atoms with Crippen molar-refractivity contribution in [2.24, 2.45) is 5.41 Å². The average molecular weight is 782 g/mol. The van der Waals surface area contributed by atoms with Gasteiger partial charge in [0.25, 0.3) is 0 Å². The molecule has 0 aromatic heterocycles. The number of rotatable bonds is 36. The molecular weight excluding hydrogens is 711 g/mol.